The van der Waals surface area contributed by atoms with Crippen molar-refractivity contribution in [1.82, 2.24) is 14.8 Å². The highest BCUT2D eigenvalue weighted by Crippen LogP contribution is 2.28. The topological polar surface area (TPSA) is 42.7 Å². The lowest BCUT2D eigenvalue weighted by Crippen LogP contribution is -2.12. The van der Waals surface area contributed by atoms with E-state index in [9.17, 15) is 0 Å². The predicted molar refractivity (Wildman–Crippen MR) is 69.2 cm³/mol. The van der Waals surface area contributed by atoms with Crippen LogP contribution in [0.4, 0.5) is 5.82 Å². The van der Waals surface area contributed by atoms with Gasteiger partial charge in [0.05, 0.1) is 12.2 Å². The highest BCUT2D eigenvalue weighted by Gasteiger charge is 2.16. The van der Waals surface area contributed by atoms with Crippen LogP contribution in [0.15, 0.2) is 18.5 Å². The fraction of sp³-hybridized carbons (Fsp3) is 0.538. The lowest BCUT2D eigenvalue weighted by atomic mass is 9.96. The van der Waals surface area contributed by atoms with Crippen molar-refractivity contribution >= 4 is 16.7 Å². The van der Waals surface area contributed by atoms with Gasteiger partial charge in [0.15, 0.2) is 0 Å². The summed E-state index contributed by atoms with van der Waals surface area (Å²) in [4.78, 5) is 4.30. The summed E-state index contributed by atoms with van der Waals surface area (Å²) in [6.07, 6.45) is 10.6. The van der Waals surface area contributed by atoms with Crippen molar-refractivity contribution in [3.63, 3.8) is 0 Å². The molecule has 0 spiro atoms. The van der Waals surface area contributed by atoms with E-state index in [1.54, 1.807) is 0 Å². The first-order valence-corrected chi connectivity index (χ1v) is 6.39. The first kappa shape index (κ1) is 10.6. The number of nitrogens with zero attached hydrogens (tertiary/aromatic N) is 3. The van der Waals surface area contributed by atoms with Crippen molar-refractivity contribution in [2.24, 2.45) is 0 Å². The number of pyridine rings is 1. The summed E-state index contributed by atoms with van der Waals surface area (Å²) in [6.45, 7) is 0. The van der Waals surface area contributed by atoms with Gasteiger partial charge in [0.1, 0.15) is 11.3 Å². The number of fused-ring (bicyclic) bond motifs is 1. The van der Waals surface area contributed by atoms with Crippen LogP contribution in [0.1, 0.15) is 38.1 Å². The summed E-state index contributed by atoms with van der Waals surface area (Å²) in [5.74, 6) is 0.903. The van der Waals surface area contributed by atoms with E-state index in [0.29, 0.717) is 6.04 Å². The average molecular weight is 230 g/mol. The Labute approximate surface area is 101 Å². The van der Waals surface area contributed by atoms with Gasteiger partial charge in [0.25, 0.3) is 0 Å². The summed E-state index contributed by atoms with van der Waals surface area (Å²) in [5.41, 5.74) is 0.995. The van der Waals surface area contributed by atoms with Crippen molar-refractivity contribution < 1.29 is 0 Å². The monoisotopic (exact) mass is 230 g/mol. The largest absolute Gasteiger partial charge is 0.373 e. The molecule has 0 aromatic carbocycles. The molecule has 4 nitrogen and oxygen atoms in total. The molecule has 17 heavy (non-hydrogen) atoms. The second-order valence-electron chi connectivity index (χ2n) is 4.78. The van der Waals surface area contributed by atoms with Gasteiger partial charge in [-0.05, 0) is 18.9 Å². The Morgan fingerprint density at radius 2 is 2.12 bits per heavy atom. The normalized spacial score (nSPS) is 17.5. The van der Waals surface area contributed by atoms with Crippen molar-refractivity contribution in [1.29, 1.82) is 0 Å². The molecule has 1 aliphatic carbocycles. The smallest absolute Gasteiger partial charge is 0.126 e. The third kappa shape index (κ3) is 1.99. The molecule has 4 heteroatoms. The average Bonchev–Trinajstić information content (AvgIpc) is 2.82. The minimum absolute atomic E-state index is 0.592. The van der Waals surface area contributed by atoms with Crippen molar-refractivity contribution in [2.75, 3.05) is 12.4 Å². The maximum absolute atomic E-state index is 4.64. The molecular formula is C13H18N4. The molecule has 2 aromatic rings. The van der Waals surface area contributed by atoms with E-state index in [1.807, 2.05) is 13.2 Å². The maximum Gasteiger partial charge on any atom is 0.126 e. The summed E-state index contributed by atoms with van der Waals surface area (Å²) in [6, 6.07) is 2.65. The summed E-state index contributed by atoms with van der Waals surface area (Å²) < 4.78 is 2.14. The zero-order valence-corrected chi connectivity index (χ0v) is 10.2. The van der Waals surface area contributed by atoms with Gasteiger partial charge in [-0.25, -0.2) is 4.98 Å². The van der Waals surface area contributed by atoms with Crippen molar-refractivity contribution in [3.8, 4) is 0 Å². The Hall–Kier alpha value is -1.58. The lowest BCUT2D eigenvalue weighted by molar-refractivity contribution is 0.331. The first-order valence-electron chi connectivity index (χ1n) is 6.39. The molecule has 0 aliphatic heterocycles. The van der Waals surface area contributed by atoms with Gasteiger partial charge in [0.2, 0.25) is 0 Å². The number of hydrogen-bond donors (Lipinski definition) is 1. The highest BCUT2D eigenvalue weighted by atomic mass is 15.3. The molecule has 2 heterocycles. The number of anilines is 1. The van der Waals surface area contributed by atoms with E-state index >= 15 is 0 Å². The number of nitrogens with one attached hydrogen (secondary N) is 1. The maximum atomic E-state index is 4.64. The van der Waals surface area contributed by atoms with Gasteiger partial charge in [-0.3, -0.25) is 4.68 Å². The molecule has 1 saturated carbocycles. The van der Waals surface area contributed by atoms with Crippen molar-refractivity contribution in [2.45, 2.75) is 38.1 Å². The fourth-order valence-electron chi connectivity index (χ4n) is 2.62. The van der Waals surface area contributed by atoms with Crippen molar-refractivity contribution in [3.05, 3.63) is 18.5 Å². The van der Waals surface area contributed by atoms with E-state index in [4.69, 9.17) is 0 Å². The van der Waals surface area contributed by atoms with Crippen LogP contribution in [0.25, 0.3) is 10.9 Å². The van der Waals surface area contributed by atoms with Gasteiger partial charge in [-0.15, -0.1) is 0 Å². The molecule has 1 aliphatic rings. The molecule has 2 aromatic heterocycles. The van der Waals surface area contributed by atoms with E-state index < -0.39 is 0 Å². The molecule has 0 amide bonds. The standard InChI is InChI=1S/C13H18N4/c1-14-13-7-10-9-17(16-12(10)8-15-13)11-5-3-2-4-6-11/h7-9,11,14H,2-6H2,1H3. The Morgan fingerprint density at radius 3 is 2.88 bits per heavy atom. The Kier molecular flexibility index (Phi) is 2.71. The molecule has 0 unspecified atom stereocenters. The van der Waals surface area contributed by atoms with Crippen LogP contribution in [0.2, 0.25) is 0 Å². The molecule has 1 N–H and O–H groups in total. The second-order valence-corrected chi connectivity index (χ2v) is 4.78. The molecule has 3 rings (SSSR count). The predicted octanol–water partition coefficient (Wildman–Crippen LogP) is 2.98. The van der Waals surface area contributed by atoms with E-state index in [-0.39, 0.29) is 0 Å². The first-order chi connectivity index (χ1) is 8.36. The Morgan fingerprint density at radius 1 is 1.29 bits per heavy atom. The quantitative estimate of drug-likeness (QED) is 0.862. The minimum atomic E-state index is 0.592. The lowest BCUT2D eigenvalue weighted by Gasteiger charge is -2.21. The zero-order valence-electron chi connectivity index (χ0n) is 10.2. The van der Waals surface area contributed by atoms with E-state index in [2.05, 4.69) is 32.3 Å². The molecule has 0 saturated heterocycles. The van der Waals surface area contributed by atoms with Gasteiger partial charge >= 0.3 is 0 Å². The minimum Gasteiger partial charge on any atom is -0.373 e. The SMILES string of the molecule is CNc1cc2cn(C3CCCCC3)nc2cn1. The summed E-state index contributed by atoms with van der Waals surface area (Å²) in [5, 5.41) is 8.87. The molecule has 1 fully saturated rings. The molecular weight excluding hydrogens is 212 g/mol. The van der Waals surface area contributed by atoms with Gasteiger partial charge in [0, 0.05) is 18.6 Å². The van der Waals surface area contributed by atoms with Gasteiger partial charge < -0.3 is 5.32 Å². The number of hydrogen-bond acceptors (Lipinski definition) is 3. The Bertz CT molecular complexity index is 511. The third-order valence-corrected chi connectivity index (χ3v) is 3.61. The van der Waals surface area contributed by atoms with E-state index in [0.717, 1.165) is 11.3 Å². The second kappa shape index (κ2) is 4.35. The summed E-state index contributed by atoms with van der Waals surface area (Å²) >= 11 is 0. The molecule has 0 atom stereocenters. The highest BCUT2D eigenvalue weighted by molar-refractivity contribution is 5.79. The summed E-state index contributed by atoms with van der Waals surface area (Å²) in [7, 11) is 1.89. The number of aromatic nitrogens is 3. The van der Waals surface area contributed by atoms with Crippen LogP contribution < -0.4 is 5.32 Å². The molecule has 0 bridgehead atoms. The Balaban J connectivity index is 1.95. The van der Waals surface area contributed by atoms with Crippen LogP contribution in [-0.4, -0.2) is 21.8 Å². The van der Waals surface area contributed by atoms with Crippen LogP contribution in [0, 0.1) is 0 Å². The van der Waals surface area contributed by atoms with Crippen LogP contribution >= 0.6 is 0 Å². The zero-order chi connectivity index (χ0) is 11.7. The molecule has 0 radical (unpaired) electrons. The van der Waals surface area contributed by atoms with Crippen LogP contribution in [0.3, 0.4) is 0 Å². The van der Waals surface area contributed by atoms with Gasteiger partial charge in [-0.1, -0.05) is 19.3 Å². The van der Waals surface area contributed by atoms with Crippen LogP contribution in [0.5, 0.6) is 0 Å². The third-order valence-electron chi connectivity index (χ3n) is 3.61. The van der Waals surface area contributed by atoms with Gasteiger partial charge in [-0.2, -0.15) is 5.10 Å². The van der Waals surface area contributed by atoms with Crippen LogP contribution in [-0.2, 0) is 0 Å². The molecule has 90 valence electrons. The number of rotatable bonds is 2. The fourth-order valence-corrected chi connectivity index (χ4v) is 2.62. The van der Waals surface area contributed by atoms with E-state index in [1.165, 1.54) is 37.5 Å².